The molecule has 1 amide bonds. The number of aromatic nitrogens is 2. The highest BCUT2D eigenvalue weighted by Gasteiger charge is 2.22. The van der Waals surface area contributed by atoms with Crippen LogP contribution >= 0.6 is 11.6 Å². The predicted octanol–water partition coefficient (Wildman–Crippen LogP) is 3.03. The summed E-state index contributed by atoms with van der Waals surface area (Å²) in [5.74, 6) is 1.87. The SMILES string of the molecule is CC(CC(=O)NCc1nc(-c2cccc(Cl)c2)no1)C1CCNCC1. The molecule has 1 fully saturated rings. The van der Waals surface area contributed by atoms with Crippen LogP contribution in [0.25, 0.3) is 11.4 Å². The first-order valence-electron chi connectivity index (χ1n) is 8.68. The summed E-state index contributed by atoms with van der Waals surface area (Å²) in [5.41, 5.74) is 0.786. The summed E-state index contributed by atoms with van der Waals surface area (Å²) in [6.45, 7) is 4.49. The molecule has 2 N–H and O–H groups in total. The van der Waals surface area contributed by atoms with E-state index in [2.05, 4.69) is 27.7 Å². The van der Waals surface area contributed by atoms with E-state index in [0.717, 1.165) is 31.5 Å². The lowest BCUT2D eigenvalue weighted by Crippen LogP contribution is -2.33. The number of hydrogen-bond donors (Lipinski definition) is 2. The van der Waals surface area contributed by atoms with Gasteiger partial charge in [0.25, 0.3) is 0 Å². The van der Waals surface area contributed by atoms with Crippen LogP contribution in [0.4, 0.5) is 0 Å². The first kappa shape index (κ1) is 17.9. The Bertz CT molecular complexity index is 713. The van der Waals surface area contributed by atoms with Crippen LogP contribution in [0.5, 0.6) is 0 Å². The topological polar surface area (TPSA) is 80.1 Å². The number of carbonyl (C=O) groups excluding carboxylic acids is 1. The van der Waals surface area contributed by atoms with Crippen molar-refractivity contribution in [3.63, 3.8) is 0 Å². The van der Waals surface area contributed by atoms with Gasteiger partial charge >= 0.3 is 0 Å². The summed E-state index contributed by atoms with van der Waals surface area (Å²) in [7, 11) is 0. The van der Waals surface area contributed by atoms with Crippen molar-refractivity contribution in [3.05, 3.63) is 35.2 Å². The molecule has 1 saturated heterocycles. The lowest BCUT2D eigenvalue weighted by atomic mass is 9.84. The van der Waals surface area contributed by atoms with Crippen LogP contribution in [0.15, 0.2) is 28.8 Å². The average molecular weight is 363 g/mol. The number of halogens is 1. The Labute approximate surface area is 152 Å². The van der Waals surface area contributed by atoms with Gasteiger partial charge < -0.3 is 15.2 Å². The van der Waals surface area contributed by atoms with Crippen molar-refractivity contribution < 1.29 is 9.32 Å². The van der Waals surface area contributed by atoms with E-state index in [0.29, 0.717) is 35.0 Å². The standard InChI is InChI=1S/C18H23ClN4O2/c1-12(13-5-7-20-8-6-13)9-16(24)21-11-17-22-18(23-25-17)14-3-2-4-15(19)10-14/h2-4,10,12-13,20H,5-9,11H2,1H3,(H,21,24). The number of hydrogen-bond acceptors (Lipinski definition) is 5. The van der Waals surface area contributed by atoms with E-state index in [1.165, 1.54) is 0 Å². The Kier molecular flexibility index (Phi) is 6.04. The number of piperidine rings is 1. The quantitative estimate of drug-likeness (QED) is 0.825. The van der Waals surface area contributed by atoms with Gasteiger partial charge in [-0.05, 0) is 49.9 Å². The molecule has 2 aromatic rings. The first-order valence-corrected chi connectivity index (χ1v) is 9.05. The maximum Gasteiger partial charge on any atom is 0.246 e. The van der Waals surface area contributed by atoms with Gasteiger partial charge in [0.05, 0.1) is 6.54 Å². The highest BCUT2D eigenvalue weighted by molar-refractivity contribution is 6.30. The third-order valence-corrected chi connectivity index (χ3v) is 4.92. The minimum Gasteiger partial charge on any atom is -0.347 e. The van der Waals surface area contributed by atoms with Crippen LogP contribution in [-0.2, 0) is 11.3 Å². The third kappa shape index (κ3) is 5.03. The van der Waals surface area contributed by atoms with E-state index in [4.69, 9.17) is 16.1 Å². The summed E-state index contributed by atoms with van der Waals surface area (Å²) in [5, 5.41) is 10.8. The normalized spacial score (nSPS) is 16.6. The van der Waals surface area contributed by atoms with Crippen LogP contribution in [0.1, 0.15) is 32.1 Å². The molecule has 1 aliphatic heterocycles. The molecule has 1 aliphatic rings. The van der Waals surface area contributed by atoms with Gasteiger partial charge in [0.2, 0.25) is 17.6 Å². The number of nitrogens with zero attached hydrogens (tertiary/aromatic N) is 2. The van der Waals surface area contributed by atoms with Crippen molar-refractivity contribution in [3.8, 4) is 11.4 Å². The lowest BCUT2D eigenvalue weighted by molar-refractivity contribution is -0.122. The second-order valence-corrected chi connectivity index (χ2v) is 7.00. The van der Waals surface area contributed by atoms with Crippen molar-refractivity contribution in [2.75, 3.05) is 13.1 Å². The zero-order valence-electron chi connectivity index (χ0n) is 14.3. The molecule has 1 aromatic heterocycles. The molecule has 7 heteroatoms. The number of nitrogens with one attached hydrogen (secondary N) is 2. The van der Waals surface area contributed by atoms with Crippen molar-refractivity contribution in [1.29, 1.82) is 0 Å². The number of benzene rings is 1. The average Bonchev–Trinajstić information content (AvgIpc) is 3.10. The van der Waals surface area contributed by atoms with E-state index >= 15 is 0 Å². The Morgan fingerprint density at radius 2 is 2.24 bits per heavy atom. The van der Waals surface area contributed by atoms with E-state index in [9.17, 15) is 4.79 Å². The molecule has 1 aromatic carbocycles. The number of carbonyl (C=O) groups is 1. The fourth-order valence-corrected chi connectivity index (χ4v) is 3.38. The molecule has 0 spiro atoms. The monoisotopic (exact) mass is 362 g/mol. The molecular weight excluding hydrogens is 340 g/mol. The van der Waals surface area contributed by atoms with Gasteiger partial charge in [-0.25, -0.2) is 0 Å². The van der Waals surface area contributed by atoms with Gasteiger partial charge in [-0.15, -0.1) is 0 Å². The summed E-state index contributed by atoms with van der Waals surface area (Å²) >= 11 is 5.97. The van der Waals surface area contributed by atoms with E-state index in [1.807, 2.05) is 12.1 Å². The fraction of sp³-hybridized carbons (Fsp3) is 0.500. The molecule has 0 radical (unpaired) electrons. The zero-order valence-corrected chi connectivity index (χ0v) is 15.1. The smallest absolute Gasteiger partial charge is 0.246 e. The third-order valence-electron chi connectivity index (χ3n) is 4.68. The van der Waals surface area contributed by atoms with Crippen molar-refractivity contribution in [2.24, 2.45) is 11.8 Å². The number of rotatable bonds is 6. The second-order valence-electron chi connectivity index (χ2n) is 6.57. The van der Waals surface area contributed by atoms with Gasteiger partial charge in [0.1, 0.15) is 0 Å². The van der Waals surface area contributed by atoms with Crippen molar-refractivity contribution in [1.82, 2.24) is 20.8 Å². The van der Waals surface area contributed by atoms with E-state index in [1.54, 1.807) is 12.1 Å². The van der Waals surface area contributed by atoms with Gasteiger partial charge in [-0.2, -0.15) is 4.98 Å². The van der Waals surface area contributed by atoms with Crippen LogP contribution in [0, 0.1) is 11.8 Å². The van der Waals surface area contributed by atoms with E-state index in [-0.39, 0.29) is 12.5 Å². The second kappa shape index (κ2) is 8.45. The molecule has 0 saturated carbocycles. The van der Waals surface area contributed by atoms with Gasteiger partial charge in [-0.1, -0.05) is 35.8 Å². The van der Waals surface area contributed by atoms with Crippen LogP contribution in [0.3, 0.4) is 0 Å². The van der Waals surface area contributed by atoms with Crippen molar-refractivity contribution >= 4 is 17.5 Å². The van der Waals surface area contributed by atoms with Crippen LogP contribution < -0.4 is 10.6 Å². The largest absolute Gasteiger partial charge is 0.347 e. The Hall–Kier alpha value is -1.92. The molecule has 1 atom stereocenters. The first-order chi connectivity index (χ1) is 12.1. The maximum absolute atomic E-state index is 12.2. The minimum absolute atomic E-state index is 0.0218. The molecule has 6 nitrogen and oxygen atoms in total. The Balaban J connectivity index is 1.49. The molecular formula is C18H23ClN4O2. The Morgan fingerprint density at radius 3 is 3.00 bits per heavy atom. The Morgan fingerprint density at radius 1 is 1.44 bits per heavy atom. The highest BCUT2D eigenvalue weighted by Crippen LogP contribution is 2.24. The summed E-state index contributed by atoms with van der Waals surface area (Å²) in [4.78, 5) is 16.5. The maximum atomic E-state index is 12.2. The molecule has 134 valence electrons. The van der Waals surface area contributed by atoms with Crippen LogP contribution in [-0.4, -0.2) is 29.1 Å². The zero-order chi connectivity index (χ0) is 17.6. The number of amides is 1. The van der Waals surface area contributed by atoms with E-state index < -0.39 is 0 Å². The van der Waals surface area contributed by atoms with Gasteiger partial charge in [-0.3, -0.25) is 4.79 Å². The highest BCUT2D eigenvalue weighted by atomic mass is 35.5. The summed E-state index contributed by atoms with van der Waals surface area (Å²) in [6, 6.07) is 7.25. The van der Waals surface area contributed by atoms with Crippen LogP contribution in [0.2, 0.25) is 5.02 Å². The minimum atomic E-state index is 0.0218. The molecule has 1 unspecified atom stereocenters. The predicted molar refractivity (Wildman–Crippen MR) is 96.0 cm³/mol. The molecule has 3 rings (SSSR count). The molecule has 0 aliphatic carbocycles. The fourth-order valence-electron chi connectivity index (χ4n) is 3.19. The van der Waals surface area contributed by atoms with Gasteiger partial charge in [0, 0.05) is 17.0 Å². The van der Waals surface area contributed by atoms with Crippen molar-refractivity contribution in [2.45, 2.75) is 32.7 Å². The molecule has 0 bridgehead atoms. The molecule has 2 heterocycles. The summed E-state index contributed by atoms with van der Waals surface area (Å²) in [6.07, 6.45) is 2.81. The lowest BCUT2D eigenvalue weighted by Gasteiger charge is -2.27. The summed E-state index contributed by atoms with van der Waals surface area (Å²) < 4.78 is 5.20. The molecule has 25 heavy (non-hydrogen) atoms. The van der Waals surface area contributed by atoms with Gasteiger partial charge in [0.15, 0.2) is 0 Å².